The van der Waals surface area contributed by atoms with Crippen LogP contribution >= 0.6 is 0 Å². The van der Waals surface area contributed by atoms with Crippen LogP contribution in [-0.2, 0) is 9.59 Å². The Labute approximate surface area is 82.9 Å². The van der Waals surface area contributed by atoms with Gasteiger partial charge in [0, 0.05) is 0 Å². The lowest BCUT2D eigenvalue weighted by molar-refractivity contribution is -0.142. The van der Waals surface area contributed by atoms with Crippen molar-refractivity contribution in [1.29, 1.82) is 0 Å². The van der Waals surface area contributed by atoms with E-state index in [9.17, 15) is 9.59 Å². The topological polar surface area (TPSA) is 78.4 Å². The monoisotopic (exact) mass is 200 g/mol. The van der Waals surface area contributed by atoms with E-state index in [-0.39, 0.29) is 11.9 Å². The number of rotatable bonds is 4. The largest absolute Gasteiger partial charge is 0.480 e. The summed E-state index contributed by atoms with van der Waals surface area (Å²) in [6.07, 6.45) is 2.18. The van der Waals surface area contributed by atoms with Gasteiger partial charge in [-0.15, -0.1) is 0 Å². The number of aliphatic carboxylic acids is 1. The number of hydrogen-bond acceptors (Lipinski definition) is 3. The zero-order chi connectivity index (χ0) is 10.6. The molecule has 1 fully saturated rings. The van der Waals surface area contributed by atoms with Gasteiger partial charge in [-0.1, -0.05) is 6.92 Å². The lowest BCUT2D eigenvalue weighted by atomic mass is 10.2. The molecular weight excluding hydrogens is 184 g/mol. The van der Waals surface area contributed by atoms with Gasteiger partial charge >= 0.3 is 5.97 Å². The number of nitrogens with one attached hydrogen (secondary N) is 2. The molecule has 1 amide bonds. The first-order valence-electron chi connectivity index (χ1n) is 4.91. The van der Waals surface area contributed by atoms with Crippen molar-refractivity contribution < 1.29 is 14.7 Å². The van der Waals surface area contributed by atoms with Crippen LogP contribution in [0.1, 0.15) is 26.2 Å². The molecule has 0 aromatic heterocycles. The molecule has 0 spiro atoms. The number of amides is 1. The predicted octanol–water partition coefficient (Wildman–Crippen LogP) is -0.282. The Kier molecular flexibility index (Phi) is 3.88. The Morgan fingerprint density at radius 3 is 2.79 bits per heavy atom. The van der Waals surface area contributed by atoms with Gasteiger partial charge in [-0.25, -0.2) is 4.79 Å². The first kappa shape index (κ1) is 11.0. The second-order valence-corrected chi connectivity index (χ2v) is 3.46. The number of carbonyl (C=O) groups is 2. The molecular formula is C9H16N2O3. The molecule has 1 saturated heterocycles. The molecule has 0 radical (unpaired) electrons. The van der Waals surface area contributed by atoms with Gasteiger partial charge in [0.15, 0.2) is 0 Å². The molecule has 0 saturated carbocycles. The molecule has 1 heterocycles. The Morgan fingerprint density at radius 2 is 2.36 bits per heavy atom. The molecule has 14 heavy (non-hydrogen) atoms. The van der Waals surface area contributed by atoms with E-state index in [1.807, 2.05) is 0 Å². The van der Waals surface area contributed by atoms with E-state index >= 15 is 0 Å². The van der Waals surface area contributed by atoms with Gasteiger partial charge in [-0.3, -0.25) is 4.79 Å². The van der Waals surface area contributed by atoms with E-state index in [2.05, 4.69) is 10.6 Å². The van der Waals surface area contributed by atoms with Gasteiger partial charge in [0.2, 0.25) is 5.91 Å². The molecule has 1 aliphatic heterocycles. The van der Waals surface area contributed by atoms with Crippen LogP contribution in [-0.4, -0.2) is 35.6 Å². The maximum absolute atomic E-state index is 11.5. The zero-order valence-electron chi connectivity index (χ0n) is 8.25. The lowest BCUT2D eigenvalue weighted by Gasteiger charge is -2.15. The van der Waals surface area contributed by atoms with Gasteiger partial charge in [0.1, 0.15) is 6.04 Å². The summed E-state index contributed by atoms with van der Waals surface area (Å²) in [7, 11) is 0. The van der Waals surface area contributed by atoms with Crippen molar-refractivity contribution in [3.05, 3.63) is 0 Å². The van der Waals surface area contributed by atoms with Crippen LogP contribution < -0.4 is 10.6 Å². The summed E-state index contributed by atoms with van der Waals surface area (Å²) in [5, 5.41) is 14.3. The average Bonchev–Trinajstić information content (AvgIpc) is 2.65. The van der Waals surface area contributed by atoms with Crippen molar-refractivity contribution in [1.82, 2.24) is 10.6 Å². The van der Waals surface area contributed by atoms with Crippen molar-refractivity contribution in [3.8, 4) is 0 Å². The molecule has 80 valence electrons. The summed E-state index contributed by atoms with van der Waals surface area (Å²) < 4.78 is 0. The third-order valence-corrected chi connectivity index (χ3v) is 2.40. The molecule has 2 atom stereocenters. The second-order valence-electron chi connectivity index (χ2n) is 3.46. The normalized spacial score (nSPS) is 23.1. The van der Waals surface area contributed by atoms with Crippen molar-refractivity contribution in [2.45, 2.75) is 38.3 Å². The Hall–Kier alpha value is -1.10. The minimum Gasteiger partial charge on any atom is -0.480 e. The standard InChI is InChI=1S/C9H16N2O3/c1-2-6(9(13)14)11-8(12)7-4-3-5-10-7/h6-7,10H,2-5H2,1H3,(H,11,12)(H,13,14)/t6?,7-/m0/s1. The summed E-state index contributed by atoms with van der Waals surface area (Å²) in [5.41, 5.74) is 0. The van der Waals surface area contributed by atoms with Gasteiger partial charge in [0.25, 0.3) is 0 Å². The Morgan fingerprint density at radius 1 is 1.64 bits per heavy atom. The highest BCUT2D eigenvalue weighted by atomic mass is 16.4. The second kappa shape index (κ2) is 4.95. The molecule has 1 aliphatic rings. The fourth-order valence-corrected chi connectivity index (χ4v) is 1.52. The molecule has 3 N–H and O–H groups in total. The fourth-order valence-electron chi connectivity index (χ4n) is 1.52. The maximum Gasteiger partial charge on any atom is 0.326 e. The predicted molar refractivity (Wildman–Crippen MR) is 50.9 cm³/mol. The van der Waals surface area contributed by atoms with Crippen LogP contribution in [0.25, 0.3) is 0 Å². The summed E-state index contributed by atoms with van der Waals surface area (Å²) >= 11 is 0. The van der Waals surface area contributed by atoms with E-state index in [1.165, 1.54) is 0 Å². The smallest absolute Gasteiger partial charge is 0.326 e. The van der Waals surface area contributed by atoms with Crippen LogP contribution in [0.15, 0.2) is 0 Å². The lowest BCUT2D eigenvalue weighted by Crippen LogP contribution is -2.47. The van der Waals surface area contributed by atoms with Crippen LogP contribution in [0.2, 0.25) is 0 Å². The van der Waals surface area contributed by atoms with E-state index in [0.29, 0.717) is 6.42 Å². The SMILES string of the molecule is CCC(NC(=O)[C@@H]1CCCN1)C(=O)O. The summed E-state index contributed by atoms with van der Waals surface area (Å²) in [6, 6.07) is -0.965. The number of carboxylic acid groups (broad SMARTS) is 1. The number of carboxylic acids is 1. The Bertz CT molecular complexity index is 224. The molecule has 0 aromatic rings. The van der Waals surface area contributed by atoms with E-state index in [0.717, 1.165) is 19.4 Å². The summed E-state index contributed by atoms with van der Waals surface area (Å²) in [6.45, 7) is 2.57. The van der Waals surface area contributed by atoms with Gasteiger partial charge in [0.05, 0.1) is 6.04 Å². The van der Waals surface area contributed by atoms with Crippen LogP contribution in [0.3, 0.4) is 0 Å². The first-order valence-corrected chi connectivity index (χ1v) is 4.91. The van der Waals surface area contributed by atoms with E-state index < -0.39 is 12.0 Å². The third kappa shape index (κ3) is 2.70. The number of hydrogen-bond donors (Lipinski definition) is 3. The average molecular weight is 200 g/mol. The van der Waals surface area contributed by atoms with Gasteiger partial charge in [-0.05, 0) is 25.8 Å². The highest BCUT2D eigenvalue weighted by Crippen LogP contribution is 2.05. The van der Waals surface area contributed by atoms with Crippen LogP contribution in [0.4, 0.5) is 0 Å². The maximum atomic E-state index is 11.5. The number of carbonyl (C=O) groups excluding carboxylic acids is 1. The molecule has 0 bridgehead atoms. The zero-order valence-corrected chi connectivity index (χ0v) is 8.25. The minimum atomic E-state index is -0.973. The van der Waals surface area contributed by atoms with Gasteiger partial charge < -0.3 is 15.7 Å². The van der Waals surface area contributed by atoms with Crippen molar-refractivity contribution in [2.24, 2.45) is 0 Å². The molecule has 5 nitrogen and oxygen atoms in total. The van der Waals surface area contributed by atoms with Gasteiger partial charge in [-0.2, -0.15) is 0 Å². The van der Waals surface area contributed by atoms with E-state index in [1.54, 1.807) is 6.92 Å². The quantitative estimate of drug-likeness (QED) is 0.583. The van der Waals surface area contributed by atoms with Crippen molar-refractivity contribution in [2.75, 3.05) is 6.54 Å². The highest BCUT2D eigenvalue weighted by molar-refractivity contribution is 5.87. The highest BCUT2D eigenvalue weighted by Gasteiger charge is 2.25. The Balaban J connectivity index is 2.41. The molecule has 0 aliphatic carbocycles. The molecule has 5 heteroatoms. The first-order chi connectivity index (χ1) is 6.65. The van der Waals surface area contributed by atoms with Crippen LogP contribution in [0, 0.1) is 0 Å². The van der Waals surface area contributed by atoms with Crippen LogP contribution in [0.5, 0.6) is 0 Å². The van der Waals surface area contributed by atoms with Crippen molar-refractivity contribution in [3.63, 3.8) is 0 Å². The molecule has 0 aromatic carbocycles. The molecule has 1 rings (SSSR count). The minimum absolute atomic E-state index is 0.197. The molecule has 1 unspecified atom stereocenters. The summed E-state index contributed by atoms with van der Waals surface area (Å²) in [4.78, 5) is 22.1. The van der Waals surface area contributed by atoms with Crippen molar-refractivity contribution >= 4 is 11.9 Å². The van der Waals surface area contributed by atoms with E-state index in [4.69, 9.17) is 5.11 Å². The third-order valence-electron chi connectivity index (χ3n) is 2.40. The fraction of sp³-hybridized carbons (Fsp3) is 0.778. The summed E-state index contributed by atoms with van der Waals surface area (Å²) in [5.74, 6) is -1.17.